The number of amides is 1. The lowest BCUT2D eigenvalue weighted by atomic mass is 9.87. The van der Waals surface area contributed by atoms with E-state index in [1.165, 1.54) is 12.1 Å². The number of hydrogen-bond donors (Lipinski definition) is 3. The first-order valence-corrected chi connectivity index (χ1v) is 8.74. The van der Waals surface area contributed by atoms with E-state index < -0.39 is 0 Å². The largest absolute Gasteiger partial charge is 0.381 e. The smallest absolute Gasteiger partial charge is 0.220 e. The quantitative estimate of drug-likeness (QED) is 0.769. The Morgan fingerprint density at radius 2 is 1.96 bits per heavy atom. The zero-order chi connectivity index (χ0) is 16.9. The van der Waals surface area contributed by atoms with Gasteiger partial charge >= 0.3 is 0 Å². The van der Waals surface area contributed by atoms with Crippen LogP contribution in [0.4, 0.5) is 4.39 Å². The number of benzene rings is 1. The van der Waals surface area contributed by atoms with Gasteiger partial charge in [-0.1, -0.05) is 12.1 Å². The molecule has 0 radical (unpaired) electrons. The lowest BCUT2D eigenvalue weighted by molar-refractivity contribution is -0.122. The van der Waals surface area contributed by atoms with E-state index in [1.54, 1.807) is 12.1 Å². The zero-order valence-corrected chi connectivity index (χ0v) is 14.1. The Kier molecular flexibility index (Phi) is 5.81. The van der Waals surface area contributed by atoms with Gasteiger partial charge in [0.05, 0.1) is 6.04 Å². The molecule has 2 heterocycles. The van der Waals surface area contributed by atoms with Gasteiger partial charge in [0.15, 0.2) is 0 Å². The highest BCUT2D eigenvalue weighted by atomic mass is 19.1. The molecule has 1 amide bonds. The normalized spacial score (nSPS) is 28.0. The number of halogens is 1. The lowest BCUT2D eigenvalue weighted by Gasteiger charge is -2.24. The van der Waals surface area contributed by atoms with Crippen LogP contribution in [-0.4, -0.2) is 31.7 Å². The van der Waals surface area contributed by atoms with Gasteiger partial charge in [0.1, 0.15) is 5.82 Å². The molecule has 0 aromatic heterocycles. The summed E-state index contributed by atoms with van der Waals surface area (Å²) < 4.78 is 18.5. The van der Waals surface area contributed by atoms with Gasteiger partial charge in [-0.15, -0.1) is 0 Å². The highest BCUT2D eigenvalue weighted by molar-refractivity contribution is 5.76. The van der Waals surface area contributed by atoms with Gasteiger partial charge in [0.2, 0.25) is 5.91 Å². The molecule has 2 saturated heterocycles. The monoisotopic (exact) mass is 335 g/mol. The molecule has 6 heteroatoms. The van der Waals surface area contributed by atoms with E-state index in [4.69, 9.17) is 4.74 Å². The summed E-state index contributed by atoms with van der Waals surface area (Å²) in [5.41, 5.74) is 7.43. The fraction of sp³-hybridized carbons (Fsp3) is 0.611. The van der Waals surface area contributed by atoms with Gasteiger partial charge in [0, 0.05) is 38.1 Å². The first kappa shape index (κ1) is 17.3. The number of nitrogens with one attached hydrogen (secondary N) is 3. The van der Waals surface area contributed by atoms with Crippen molar-refractivity contribution in [3.63, 3.8) is 0 Å². The molecule has 0 saturated carbocycles. The van der Waals surface area contributed by atoms with Crippen molar-refractivity contribution in [3.05, 3.63) is 35.6 Å². The van der Waals surface area contributed by atoms with Crippen LogP contribution in [0.25, 0.3) is 0 Å². The third-order valence-corrected chi connectivity index (χ3v) is 5.12. The summed E-state index contributed by atoms with van der Waals surface area (Å²) in [7, 11) is 0. The Morgan fingerprint density at radius 3 is 2.67 bits per heavy atom. The van der Waals surface area contributed by atoms with Crippen molar-refractivity contribution in [2.75, 3.05) is 19.8 Å². The first-order chi connectivity index (χ1) is 11.6. The van der Waals surface area contributed by atoms with Crippen LogP contribution in [0.2, 0.25) is 0 Å². The summed E-state index contributed by atoms with van der Waals surface area (Å²) in [5, 5.41) is 3.07. The fourth-order valence-electron chi connectivity index (χ4n) is 3.51. The average Bonchev–Trinajstić information content (AvgIpc) is 2.95. The molecular formula is C18H26FN3O2. The Balaban J connectivity index is 1.55. The van der Waals surface area contributed by atoms with Gasteiger partial charge in [-0.3, -0.25) is 10.2 Å². The first-order valence-electron chi connectivity index (χ1n) is 8.74. The maximum atomic E-state index is 13.1. The Morgan fingerprint density at radius 1 is 1.25 bits per heavy atom. The molecule has 24 heavy (non-hydrogen) atoms. The summed E-state index contributed by atoms with van der Waals surface area (Å²) in [6.07, 6.45) is 2.48. The molecule has 2 aliphatic heterocycles. The molecule has 1 aromatic rings. The van der Waals surface area contributed by atoms with E-state index in [9.17, 15) is 9.18 Å². The molecule has 2 fully saturated rings. The Bertz CT molecular complexity index is 546. The number of hydrogen-bond acceptors (Lipinski definition) is 4. The number of rotatable bonds is 5. The third-order valence-electron chi connectivity index (χ3n) is 5.12. The fourth-order valence-corrected chi connectivity index (χ4v) is 3.51. The van der Waals surface area contributed by atoms with Crippen LogP contribution in [-0.2, 0) is 9.53 Å². The summed E-state index contributed by atoms with van der Waals surface area (Å²) in [6.45, 7) is 4.37. The third kappa shape index (κ3) is 4.32. The predicted molar refractivity (Wildman–Crippen MR) is 89.5 cm³/mol. The summed E-state index contributed by atoms with van der Waals surface area (Å²) >= 11 is 0. The van der Waals surface area contributed by atoms with Crippen LogP contribution >= 0.6 is 0 Å². The molecule has 3 N–H and O–H groups in total. The van der Waals surface area contributed by atoms with Crippen molar-refractivity contribution in [2.24, 2.45) is 11.8 Å². The highest BCUT2D eigenvalue weighted by Crippen LogP contribution is 2.31. The summed E-state index contributed by atoms with van der Waals surface area (Å²) in [4.78, 5) is 12.4. The van der Waals surface area contributed by atoms with E-state index in [2.05, 4.69) is 23.1 Å². The van der Waals surface area contributed by atoms with Crippen molar-refractivity contribution in [3.8, 4) is 0 Å². The van der Waals surface area contributed by atoms with E-state index >= 15 is 0 Å². The second kappa shape index (κ2) is 8.05. The maximum absolute atomic E-state index is 13.1. The number of ether oxygens (including phenoxy) is 1. The Labute approximate surface area is 142 Å². The van der Waals surface area contributed by atoms with Gasteiger partial charge in [-0.2, -0.15) is 0 Å². The molecule has 0 spiro atoms. The minimum Gasteiger partial charge on any atom is -0.381 e. The van der Waals surface area contributed by atoms with Crippen LogP contribution < -0.4 is 16.2 Å². The second-order valence-electron chi connectivity index (χ2n) is 6.83. The van der Waals surface area contributed by atoms with Crippen LogP contribution in [0.3, 0.4) is 0 Å². The average molecular weight is 335 g/mol. The molecule has 5 nitrogen and oxygen atoms in total. The van der Waals surface area contributed by atoms with Gasteiger partial charge in [-0.25, -0.2) is 9.82 Å². The SMILES string of the molecule is CC1NNC(c2ccc(F)cc2)C1CC(=O)NCC1CCOCC1. The van der Waals surface area contributed by atoms with Crippen LogP contribution in [0, 0.1) is 17.7 Å². The summed E-state index contributed by atoms with van der Waals surface area (Å²) in [5.74, 6) is 0.484. The molecular weight excluding hydrogens is 309 g/mol. The van der Waals surface area contributed by atoms with Crippen molar-refractivity contribution in [1.82, 2.24) is 16.2 Å². The van der Waals surface area contributed by atoms with E-state index in [0.29, 0.717) is 12.3 Å². The highest BCUT2D eigenvalue weighted by Gasteiger charge is 2.35. The van der Waals surface area contributed by atoms with Gasteiger partial charge in [-0.05, 0) is 43.4 Å². The topological polar surface area (TPSA) is 62.4 Å². The van der Waals surface area contributed by atoms with E-state index in [1.807, 2.05) is 0 Å². The molecule has 0 aliphatic carbocycles. The van der Waals surface area contributed by atoms with Gasteiger partial charge < -0.3 is 10.1 Å². The standard InChI is InChI=1S/C18H26FN3O2/c1-12-16(10-17(23)20-11-13-6-8-24-9-7-13)18(22-21-12)14-2-4-15(19)5-3-14/h2-5,12-13,16,18,21-22H,6-11H2,1H3,(H,20,23). The zero-order valence-electron chi connectivity index (χ0n) is 14.1. The second-order valence-corrected chi connectivity index (χ2v) is 6.83. The molecule has 1 aromatic carbocycles. The lowest BCUT2D eigenvalue weighted by Crippen LogP contribution is -2.35. The van der Waals surface area contributed by atoms with Gasteiger partial charge in [0.25, 0.3) is 0 Å². The number of carbonyl (C=O) groups is 1. The maximum Gasteiger partial charge on any atom is 0.220 e. The number of carbonyl (C=O) groups excluding carboxylic acids is 1. The van der Waals surface area contributed by atoms with Crippen LogP contribution in [0.1, 0.15) is 37.8 Å². The molecule has 3 unspecified atom stereocenters. The van der Waals surface area contributed by atoms with Crippen molar-refractivity contribution < 1.29 is 13.9 Å². The molecule has 3 atom stereocenters. The summed E-state index contributed by atoms with van der Waals surface area (Å²) in [6, 6.07) is 6.66. The van der Waals surface area contributed by atoms with E-state index in [-0.39, 0.29) is 29.7 Å². The van der Waals surface area contributed by atoms with Crippen molar-refractivity contribution >= 4 is 5.91 Å². The van der Waals surface area contributed by atoms with Crippen LogP contribution in [0.15, 0.2) is 24.3 Å². The van der Waals surface area contributed by atoms with Crippen LogP contribution in [0.5, 0.6) is 0 Å². The number of hydrazine groups is 1. The predicted octanol–water partition coefficient (Wildman–Crippen LogP) is 1.91. The van der Waals surface area contributed by atoms with Crippen molar-refractivity contribution in [2.45, 2.75) is 38.3 Å². The minimum atomic E-state index is -0.247. The van der Waals surface area contributed by atoms with Crippen molar-refractivity contribution in [1.29, 1.82) is 0 Å². The minimum absolute atomic E-state index is 0.00873. The van der Waals surface area contributed by atoms with E-state index in [0.717, 1.165) is 38.2 Å². The molecule has 0 bridgehead atoms. The Hall–Kier alpha value is -1.50. The molecule has 132 valence electrons. The molecule has 3 rings (SSSR count). The molecule has 2 aliphatic rings.